The second-order valence-electron chi connectivity index (χ2n) is 3.65. The van der Waals surface area contributed by atoms with Crippen molar-refractivity contribution in [2.45, 2.75) is 19.3 Å². The standard InChI is InChI=1S/C12H14N2O2S/c1-3-9(12(15)16-2)11-14-10(7-17-11)8-4-5-13-6-8/h4-7,9,13H,3H2,1-2H3. The fourth-order valence-corrected chi connectivity index (χ4v) is 2.65. The van der Waals surface area contributed by atoms with Gasteiger partial charge < -0.3 is 9.72 Å². The lowest BCUT2D eigenvalue weighted by molar-refractivity contribution is -0.142. The van der Waals surface area contributed by atoms with E-state index < -0.39 is 0 Å². The van der Waals surface area contributed by atoms with Gasteiger partial charge in [-0.3, -0.25) is 4.79 Å². The summed E-state index contributed by atoms with van der Waals surface area (Å²) < 4.78 is 4.78. The Hall–Kier alpha value is -1.62. The van der Waals surface area contributed by atoms with Gasteiger partial charge in [0, 0.05) is 23.3 Å². The maximum atomic E-state index is 11.6. The van der Waals surface area contributed by atoms with Crippen molar-refractivity contribution in [1.82, 2.24) is 9.97 Å². The van der Waals surface area contributed by atoms with Crippen molar-refractivity contribution in [3.63, 3.8) is 0 Å². The number of H-pyrrole nitrogens is 1. The Labute approximate surface area is 104 Å². The molecule has 0 amide bonds. The monoisotopic (exact) mass is 250 g/mol. The molecular formula is C12H14N2O2S. The second kappa shape index (κ2) is 5.14. The molecule has 0 aliphatic carbocycles. The van der Waals surface area contributed by atoms with Gasteiger partial charge in [-0.05, 0) is 12.5 Å². The van der Waals surface area contributed by atoms with Crippen molar-refractivity contribution >= 4 is 17.3 Å². The molecule has 0 aliphatic heterocycles. The van der Waals surface area contributed by atoms with Gasteiger partial charge in [-0.25, -0.2) is 4.98 Å². The summed E-state index contributed by atoms with van der Waals surface area (Å²) in [4.78, 5) is 19.1. The number of hydrogen-bond donors (Lipinski definition) is 1. The summed E-state index contributed by atoms with van der Waals surface area (Å²) in [6.45, 7) is 1.96. The van der Waals surface area contributed by atoms with Crippen LogP contribution in [0.3, 0.4) is 0 Å². The number of hydrogen-bond acceptors (Lipinski definition) is 4. The Bertz CT molecular complexity index is 490. The van der Waals surface area contributed by atoms with Gasteiger partial charge in [0.1, 0.15) is 10.9 Å². The van der Waals surface area contributed by atoms with Crippen LogP contribution in [-0.4, -0.2) is 23.0 Å². The van der Waals surface area contributed by atoms with Crippen LogP contribution in [0.5, 0.6) is 0 Å². The van der Waals surface area contributed by atoms with Crippen molar-refractivity contribution in [2.75, 3.05) is 7.11 Å². The van der Waals surface area contributed by atoms with Gasteiger partial charge in [0.2, 0.25) is 0 Å². The van der Waals surface area contributed by atoms with Crippen molar-refractivity contribution in [3.05, 3.63) is 28.8 Å². The molecular weight excluding hydrogens is 236 g/mol. The first-order valence-electron chi connectivity index (χ1n) is 5.42. The number of methoxy groups -OCH3 is 1. The van der Waals surface area contributed by atoms with Crippen LogP contribution in [0.15, 0.2) is 23.8 Å². The average molecular weight is 250 g/mol. The Morgan fingerprint density at radius 1 is 1.65 bits per heavy atom. The molecule has 0 aliphatic rings. The van der Waals surface area contributed by atoms with E-state index >= 15 is 0 Å². The van der Waals surface area contributed by atoms with Crippen LogP contribution in [0.25, 0.3) is 11.3 Å². The molecule has 0 aromatic carbocycles. The van der Waals surface area contributed by atoms with Crippen LogP contribution in [0.2, 0.25) is 0 Å². The molecule has 1 unspecified atom stereocenters. The molecule has 0 saturated heterocycles. The Morgan fingerprint density at radius 2 is 2.47 bits per heavy atom. The Morgan fingerprint density at radius 3 is 3.06 bits per heavy atom. The van der Waals surface area contributed by atoms with E-state index in [1.54, 1.807) is 0 Å². The number of carbonyl (C=O) groups is 1. The van der Waals surface area contributed by atoms with Gasteiger partial charge in [0.15, 0.2) is 0 Å². The maximum absolute atomic E-state index is 11.6. The summed E-state index contributed by atoms with van der Waals surface area (Å²) in [6.07, 6.45) is 4.44. The van der Waals surface area contributed by atoms with E-state index in [-0.39, 0.29) is 11.9 Å². The molecule has 1 atom stereocenters. The van der Waals surface area contributed by atoms with Crippen LogP contribution < -0.4 is 0 Å². The number of esters is 1. The van der Waals surface area contributed by atoms with Gasteiger partial charge in [-0.15, -0.1) is 11.3 Å². The van der Waals surface area contributed by atoms with Crippen LogP contribution in [0.4, 0.5) is 0 Å². The smallest absolute Gasteiger partial charge is 0.315 e. The molecule has 2 aromatic heterocycles. The molecule has 1 N–H and O–H groups in total. The number of carbonyl (C=O) groups excluding carboxylic acids is 1. The molecule has 0 radical (unpaired) electrons. The lowest BCUT2D eigenvalue weighted by Crippen LogP contribution is -2.13. The van der Waals surface area contributed by atoms with E-state index in [9.17, 15) is 4.79 Å². The summed E-state index contributed by atoms with van der Waals surface area (Å²) in [5, 5.41) is 2.78. The van der Waals surface area contributed by atoms with Crippen molar-refractivity contribution in [3.8, 4) is 11.3 Å². The quantitative estimate of drug-likeness (QED) is 0.849. The van der Waals surface area contributed by atoms with Gasteiger partial charge in [0.25, 0.3) is 0 Å². The van der Waals surface area contributed by atoms with Gasteiger partial charge in [-0.1, -0.05) is 6.92 Å². The zero-order valence-electron chi connectivity index (χ0n) is 9.77. The molecule has 0 spiro atoms. The Balaban J connectivity index is 2.25. The zero-order chi connectivity index (χ0) is 12.3. The molecule has 2 heterocycles. The van der Waals surface area contributed by atoms with E-state index in [2.05, 4.69) is 9.97 Å². The maximum Gasteiger partial charge on any atom is 0.315 e. The number of nitrogens with one attached hydrogen (secondary N) is 1. The van der Waals surface area contributed by atoms with Crippen LogP contribution in [-0.2, 0) is 9.53 Å². The van der Waals surface area contributed by atoms with E-state index in [4.69, 9.17) is 4.74 Å². The first kappa shape index (κ1) is 11.9. The highest BCUT2D eigenvalue weighted by molar-refractivity contribution is 7.10. The minimum Gasteiger partial charge on any atom is -0.468 e. The van der Waals surface area contributed by atoms with Crippen molar-refractivity contribution in [2.24, 2.45) is 0 Å². The summed E-state index contributed by atoms with van der Waals surface area (Å²) in [6, 6.07) is 1.96. The Kier molecular flexibility index (Phi) is 3.58. The normalized spacial score (nSPS) is 12.4. The minimum atomic E-state index is -0.252. The van der Waals surface area contributed by atoms with E-state index in [1.807, 2.05) is 30.8 Å². The third-order valence-electron chi connectivity index (χ3n) is 2.61. The fourth-order valence-electron chi connectivity index (χ4n) is 1.65. The third kappa shape index (κ3) is 2.39. The number of thiazole rings is 1. The summed E-state index contributed by atoms with van der Waals surface area (Å²) in [7, 11) is 1.41. The number of rotatable bonds is 4. The summed E-state index contributed by atoms with van der Waals surface area (Å²) >= 11 is 1.50. The zero-order valence-corrected chi connectivity index (χ0v) is 10.6. The first-order chi connectivity index (χ1) is 8.26. The number of ether oxygens (including phenoxy) is 1. The molecule has 90 valence electrons. The van der Waals surface area contributed by atoms with Gasteiger partial charge in [0.05, 0.1) is 12.8 Å². The predicted molar refractivity (Wildman–Crippen MR) is 66.9 cm³/mol. The van der Waals surface area contributed by atoms with Crippen LogP contribution in [0.1, 0.15) is 24.3 Å². The average Bonchev–Trinajstić information content (AvgIpc) is 2.99. The number of aromatic amines is 1. The van der Waals surface area contributed by atoms with E-state index in [0.717, 1.165) is 16.3 Å². The minimum absolute atomic E-state index is 0.220. The lowest BCUT2D eigenvalue weighted by Gasteiger charge is -2.08. The van der Waals surface area contributed by atoms with Crippen molar-refractivity contribution in [1.29, 1.82) is 0 Å². The fraction of sp³-hybridized carbons (Fsp3) is 0.333. The molecule has 2 rings (SSSR count). The molecule has 4 nitrogen and oxygen atoms in total. The van der Waals surface area contributed by atoms with E-state index in [0.29, 0.717) is 6.42 Å². The van der Waals surface area contributed by atoms with Crippen LogP contribution in [0, 0.1) is 0 Å². The molecule has 0 saturated carbocycles. The predicted octanol–water partition coefficient (Wildman–Crippen LogP) is 2.80. The summed E-state index contributed by atoms with van der Waals surface area (Å²) in [5.74, 6) is -0.472. The highest BCUT2D eigenvalue weighted by atomic mass is 32.1. The topological polar surface area (TPSA) is 55.0 Å². The lowest BCUT2D eigenvalue weighted by atomic mass is 10.1. The van der Waals surface area contributed by atoms with Gasteiger partial charge >= 0.3 is 5.97 Å². The molecule has 0 fully saturated rings. The second-order valence-corrected chi connectivity index (χ2v) is 4.54. The first-order valence-corrected chi connectivity index (χ1v) is 6.30. The van der Waals surface area contributed by atoms with E-state index in [1.165, 1.54) is 18.4 Å². The molecule has 5 heteroatoms. The van der Waals surface area contributed by atoms with Crippen molar-refractivity contribution < 1.29 is 9.53 Å². The largest absolute Gasteiger partial charge is 0.468 e. The molecule has 0 bridgehead atoms. The molecule has 2 aromatic rings. The highest BCUT2D eigenvalue weighted by Crippen LogP contribution is 2.28. The van der Waals surface area contributed by atoms with Gasteiger partial charge in [-0.2, -0.15) is 0 Å². The third-order valence-corrected chi connectivity index (χ3v) is 3.57. The summed E-state index contributed by atoms with van der Waals surface area (Å²) in [5.41, 5.74) is 1.93. The number of aromatic nitrogens is 2. The van der Waals surface area contributed by atoms with Crippen LogP contribution >= 0.6 is 11.3 Å². The molecule has 17 heavy (non-hydrogen) atoms. The SMILES string of the molecule is CCC(C(=O)OC)c1nc(-c2cc[nH]c2)cs1. The number of nitrogens with zero attached hydrogens (tertiary/aromatic N) is 1. The highest BCUT2D eigenvalue weighted by Gasteiger charge is 2.22.